The predicted octanol–water partition coefficient (Wildman–Crippen LogP) is 1.24. The van der Waals surface area contributed by atoms with Gasteiger partial charge in [0.1, 0.15) is 0 Å². The first kappa shape index (κ1) is 14.6. The van der Waals surface area contributed by atoms with Gasteiger partial charge in [0.2, 0.25) is 10.0 Å². The van der Waals surface area contributed by atoms with Gasteiger partial charge in [0, 0.05) is 18.8 Å². The molecule has 1 aliphatic heterocycles. The van der Waals surface area contributed by atoms with Gasteiger partial charge < -0.3 is 4.55 Å². The van der Waals surface area contributed by atoms with E-state index >= 15 is 0 Å². The number of nitrogens with zero attached hydrogens (tertiary/aromatic N) is 1. The summed E-state index contributed by atoms with van der Waals surface area (Å²) in [5, 5.41) is 0. The first-order valence-corrected chi connectivity index (χ1v) is 8.83. The summed E-state index contributed by atoms with van der Waals surface area (Å²) < 4.78 is 47.6. The normalized spacial score (nSPS) is 19.2. The minimum Gasteiger partial charge on any atom is -0.772 e. The Bertz CT molecular complexity index is 565. The molecule has 106 valence electrons. The summed E-state index contributed by atoms with van der Waals surface area (Å²) in [6.07, 6.45) is 2.81. The molecule has 0 radical (unpaired) electrons. The third-order valence-corrected chi connectivity index (χ3v) is 5.60. The lowest BCUT2D eigenvalue weighted by atomic mass is 10.2. The zero-order valence-corrected chi connectivity index (χ0v) is 12.1. The van der Waals surface area contributed by atoms with Crippen molar-refractivity contribution in [1.82, 2.24) is 4.31 Å². The van der Waals surface area contributed by atoms with E-state index in [1.54, 1.807) is 12.1 Å². The van der Waals surface area contributed by atoms with Gasteiger partial charge in [-0.25, -0.2) is 8.42 Å². The molecule has 0 bridgehead atoms. The van der Waals surface area contributed by atoms with E-state index in [0.717, 1.165) is 19.3 Å². The molecule has 19 heavy (non-hydrogen) atoms. The Morgan fingerprint density at radius 3 is 2.53 bits per heavy atom. The molecular weight excluding hydrogens is 286 g/mol. The molecule has 0 aromatic heterocycles. The molecule has 1 aliphatic rings. The SMILES string of the molecule is O=S([O-])Cc1cccc(S(=O)(=O)N2CCCCC2)c1. The van der Waals surface area contributed by atoms with Crippen molar-refractivity contribution in [1.29, 1.82) is 0 Å². The molecular formula is C12H16NO4S2-. The smallest absolute Gasteiger partial charge is 0.243 e. The Hall–Kier alpha value is -0.760. The van der Waals surface area contributed by atoms with Crippen LogP contribution in [0.3, 0.4) is 0 Å². The molecule has 1 atom stereocenters. The summed E-state index contributed by atoms with van der Waals surface area (Å²) in [5.41, 5.74) is 0.492. The highest BCUT2D eigenvalue weighted by Crippen LogP contribution is 2.21. The van der Waals surface area contributed by atoms with Gasteiger partial charge in [-0.3, -0.25) is 4.21 Å². The second-order valence-corrected chi connectivity index (χ2v) is 7.39. The van der Waals surface area contributed by atoms with E-state index in [-0.39, 0.29) is 10.6 Å². The fourth-order valence-corrected chi connectivity index (χ4v) is 4.23. The van der Waals surface area contributed by atoms with Crippen molar-refractivity contribution in [3.05, 3.63) is 29.8 Å². The first-order valence-electron chi connectivity index (χ1n) is 6.15. The van der Waals surface area contributed by atoms with E-state index in [1.807, 2.05) is 0 Å². The van der Waals surface area contributed by atoms with Gasteiger partial charge in [-0.2, -0.15) is 4.31 Å². The second-order valence-electron chi connectivity index (χ2n) is 4.56. The lowest BCUT2D eigenvalue weighted by Crippen LogP contribution is -2.35. The van der Waals surface area contributed by atoms with Crippen molar-refractivity contribution < 1.29 is 17.2 Å². The quantitative estimate of drug-likeness (QED) is 0.784. The molecule has 1 heterocycles. The van der Waals surface area contributed by atoms with E-state index in [1.165, 1.54) is 16.4 Å². The number of benzene rings is 1. The molecule has 0 amide bonds. The van der Waals surface area contributed by atoms with Crippen molar-refractivity contribution in [3.8, 4) is 0 Å². The number of hydrogen-bond acceptors (Lipinski definition) is 4. The van der Waals surface area contributed by atoms with Crippen LogP contribution in [0.4, 0.5) is 0 Å². The fraction of sp³-hybridized carbons (Fsp3) is 0.500. The van der Waals surface area contributed by atoms with Gasteiger partial charge in [-0.1, -0.05) is 29.6 Å². The monoisotopic (exact) mass is 302 g/mol. The van der Waals surface area contributed by atoms with Crippen LogP contribution in [0.15, 0.2) is 29.2 Å². The Morgan fingerprint density at radius 2 is 1.89 bits per heavy atom. The zero-order valence-electron chi connectivity index (χ0n) is 10.4. The summed E-state index contributed by atoms with van der Waals surface area (Å²) in [5.74, 6) is -0.163. The van der Waals surface area contributed by atoms with E-state index in [2.05, 4.69) is 0 Å². The van der Waals surface area contributed by atoms with Gasteiger partial charge >= 0.3 is 0 Å². The summed E-state index contributed by atoms with van der Waals surface area (Å²) >= 11 is -2.21. The van der Waals surface area contributed by atoms with Gasteiger partial charge in [0.25, 0.3) is 0 Å². The molecule has 0 N–H and O–H groups in total. The van der Waals surface area contributed by atoms with Crippen LogP contribution in [0.2, 0.25) is 0 Å². The van der Waals surface area contributed by atoms with E-state index in [4.69, 9.17) is 0 Å². The van der Waals surface area contributed by atoms with Crippen molar-refractivity contribution in [2.45, 2.75) is 29.9 Å². The van der Waals surface area contributed by atoms with E-state index in [9.17, 15) is 17.2 Å². The van der Waals surface area contributed by atoms with Gasteiger partial charge in [0.05, 0.1) is 4.90 Å². The lowest BCUT2D eigenvalue weighted by molar-refractivity contribution is 0.346. The standard InChI is InChI=1S/C12H17NO4S2/c14-18(15)10-11-5-4-6-12(9-11)19(16,17)13-7-2-1-3-8-13/h4-6,9H,1-3,7-8,10H2,(H,14,15)/p-1. The van der Waals surface area contributed by atoms with Crippen LogP contribution in [0.1, 0.15) is 24.8 Å². The average Bonchev–Trinajstić information content (AvgIpc) is 2.39. The molecule has 0 spiro atoms. The highest BCUT2D eigenvalue weighted by atomic mass is 32.2. The molecule has 1 unspecified atom stereocenters. The molecule has 2 rings (SSSR count). The van der Waals surface area contributed by atoms with Crippen molar-refractivity contribution in [2.75, 3.05) is 13.1 Å². The number of rotatable bonds is 4. The minimum absolute atomic E-state index is 0.163. The lowest BCUT2D eigenvalue weighted by Gasteiger charge is -2.26. The molecule has 7 heteroatoms. The maximum absolute atomic E-state index is 12.4. The third kappa shape index (κ3) is 3.62. The van der Waals surface area contributed by atoms with Crippen LogP contribution < -0.4 is 0 Å². The topological polar surface area (TPSA) is 77.5 Å². The minimum atomic E-state index is -3.49. The predicted molar refractivity (Wildman–Crippen MR) is 71.7 cm³/mol. The van der Waals surface area contributed by atoms with Crippen LogP contribution in [0, 0.1) is 0 Å². The largest absolute Gasteiger partial charge is 0.772 e. The van der Waals surface area contributed by atoms with E-state index < -0.39 is 21.1 Å². The highest BCUT2D eigenvalue weighted by Gasteiger charge is 2.25. The van der Waals surface area contributed by atoms with E-state index in [0.29, 0.717) is 18.7 Å². The number of sulfonamides is 1. The maximum atomic E-state index is 12.4. The summed E-state index contributed by atoms with van der Waals surface area (Å²) in [4.78, 5) is 0.178. The Balaban J connectivity index is 2.26. The van der Waals surface area contributed by atoms with Gasteiger partial charge in [-0.15, -0.1) is 0 Å². The summed E-state index contributed by atoms with van der Waals surface area (Å²) in [7, 11) is -3.49. The molecule has 5 nitrogen and oxygen atoms in total. The van der Waals surface area contributed by atoms with Crippen LogP contribution in [-0.2, 0) is 26.9 Å². The molecule has 0 saturated carbocycles. The van der Waals surface area contributed by atoms with Crippen LogP contribution in [-0.4, -0.2) is 34.6 Å². The van der Waals surface area contributed by atoms with Crippen LogP contribution in [0.25, 0.3) is 0 Å². The highest BCUT2D eigenvalue weighted by molar-refractivity contribution is 7.89. The van der Waals surface area contributed by atoms with Crippen molar-refractivity contribution in [2.24, 2.45) is 0 Å². The van der Waals surface area contributed by atoms with Gasteiger partial charge in [-0.05, 0) is 30.5 Å². The Morgan fingerprint density at radius 1 is 1.21 bits per heavy atom. The summed E-state index contributed by atoms with van der Waals surface area (Å²) in [6.45, 7) is 1.08. The molecule has 1 aromatic carbocycles. The third-order valence-electron chi connectivity index (χ3n) is 3.14. The second kappa shape index (κ2) is 6.13. The van der Waals surface area contributed by atoms with Crippen LogP contribution >= 0.6 is 0 Å². The number of hydrogen-bond donors (Lipinski definition) is 0. The van der Waals surface area contributed by atoms with Crippen molar-refractivity contribution >= 4 is 21.1 Å². The first-order chi connectivity index (χ1) is 9.00. The molecule has 1 aromatic rings. The zero-order chi connectivity index (χ0) is 13.9. The molecule has 1 fully saturated rings. The fourth-order valence-electron chi connectivity index (χ4n) is 2.19. The average molecular weight is 302 g/mol. The van der Waals surface area contributed by atoms with Crippen molar-refractivity contribution in [3.63, 3.8) is 0 Å². The molecule has 0 aliphatic carbocycles. The Labute approximate surface area is 116 Å². The summed E-state index contributed by atoms with van der Waals surface area (Å²) in [6, 6.07) is 6.16. The Kier molecular flexibility index (Phi) is 4.72. The maximum Gasteiger partial charge on any atom is 0.243 e. The van der Waals surface area contributed by atoms with Gasteiger partial charge in [0.15, 0.2) is 0 Å². The number of piperidine rings is 1. The molecule has 1 saturated heterocycles. The van der Waals surface area contributed by atoms with Crippen LogP contribution in [0.5, 0.6) is 0 Å².